The van der Waals surface area contributed by atoms with Crippen molar-refractivity contribution in [1.29, 1.82) is 0 Å². The van der Waals surface area contributed by atoms with Gasteiger partial charge in [-0.3, -0.25) is 0 Å². The van der Waals surface area contributed by atoms with E-state index < -0.39 is 15.4 Å². The minimum atomic E-state index is -3.69. The molecule has 1 aliphatic rings. The number of hydrogen-bond donors (Lipinski definition) is 0. The second-order valence-electron chi connectivity index (χ2n) is 5.96. The average Bonchev–Trinajstić information content (AvgIpc) is 3.23. The molecular weight excluding hydrogens is 402 g/mol. The zero-order chi connectivity index (χ0) is 20.3. The summed E-state index contributed by atoms with van der Waals surface area (Å²) in [5.74, 6) is 2.88. The summed E-state index contributed by atoms with van der Waals surface area (Å²) in [5.41, 5.74) is 0.722. The van der Waals surface area contributed by atoms with Gasteiger partial charge in [0.1, 0.15) is 11.5 Å². The molecule has 2 aromatic carbocycles. The van der Waals surface area contributed by atoms with Crippen molar-refractivity contribution in [3.63, 3.8) is 0 Å². The van der Waals surface area contributed by atoms with E-state index in [2.05, 4.69) is 0 Å². The first kappa shape index (κ1) is 20.6. The van der Waals surface area contributed by atoms with E-state index in [0.29, 0.717) is 35.3 Å². The van der Waals surface area contributed by atoms with Gasteiger partial charge in [-0.05, 0) is 30.3 Å². The fraction of sp³-hybridized carbons (Fsp3) is 0.368. The van der Waals surface area contributed by atoms with Crippen molar-refractivity contribution in [1.82, 2.24) is 4.31 Å². The molecule has 0 saturated carbocycles. The molecule has 0 radical (unpaired) electrons. The third-order valence-corrected chi connectivity index (χ3v) is 7.77. The molecule has 0 N–H and O–H groups in total. The first-order valence-electron chi connectivity index (χ1n) is 8.53. The molecule has 1 aliphatic heterocycles. The third-order valence-electron chi connectivity index (χ3n) is 4.52. The molecule has 1 heterocycles. The van der Waals surface area contributed by atoms with Crippen molar-refractivity contribution in [3.8, 4) is 23.0 Å². The van der Waals surface area contributed by atoms with Crippen LogP contribution < -0.4 is 18.9 Å². The van der Waals surface area contributed by atoms with Crippen LogP contribution in [0.15, 0.2) is 41.3 Å². The zero-order valence-corrected chi connectivity index (χ0v) is 17.8. The molecule has 0 unspecified atom stereocenters. The van der Waals surface area contributed by atoms with Crippen LogP contribution in [0.5, 0.6) is 23.0 Å². The van der Waals surface area contributed by atoms with E-state index >= 15 is 0 Å². The van der Waals surface area contributed by atoms with E-state index in [-0.39, 0.29) is 4.90 Å². The molecule has 1 fully saturated rings. The lowest BCUT2D eigenvalue weighted by molar-refractivity contribution is 0.344. The molecule has 3 rings (SSSR count). The van der Waals surface area contributed by atoms with E-state index in [9.17, 15) is 8.42 Å². The second kappa shape index (κ2) is 8.50. The second-order valence-corrected chi connectivity index (χ2v) is 9.04. The Kier molecular flexibility index (Phi) is 6.26. The van der Waals surface area contributed by atoms with Crippen LogP contribution in [-0.2, 0) is 10.0 Å². The van der Waals surface area contributed by atoms with Crippen molar-refractivity contribution >= 4 is 21.8 Å². The number of ether oxygens (including phenoxy) is 4. The van der Waals surface area contributed by atoms with Gasteiger partial charge < -0.3 is 18.9 Å². The lowest BCUT2D eigenvalue weighted by Crippen LogP contribution is -2.30. The van der Waals surface area contributed by atoms with Crippen molar-refractivity contribution in [3.05, 3.63) is 42.0 Å². The Bertz CT molecular complexity index is 930. The minimum absolute atomic E-state index is 0.222. The summed E-state index contributed by atoms with van der Waals surface area (Å²) in [7, 11) is 2.48. The molecule has 0 spiro atoms. The Morgan fingerprint density at radius 1 is 0.893 bits per heavy atom. The minimum Gasteiger partial charge on any atom is -0.497 e. The van der Waals surface area contributed by atoms with Crippen molar-refractivity contribution in [2.75, 3.05) is 40.7 Å². The van der Waals surface area contributed by atoms with E-state index in [4.69, 9.17) is 18.9 Å². The smallest absolute Gasteiger partial charge is 0.244 e. The number of methoxy groups -OCH3 is 4. The quantitative estimate of drug-likeness (QED) is 0.675. The monoisotopic (exact) mass is 425 g/mol. The fourth-order valence-corrected chi connectivity index (χ4v) is 6.32. The van der Waals surface area contributed by atoms with Crippen LogP contribution in [0.1, 0.15) is 10.9 Å². The van der Waals surface area contributed by atoms with Gasteiger partial charge in [0.05, 0.1) is 38.7 Å². The number of nitrogens with zero attached hydrogens (tertiary/aromatic N) is 1. The molecule has 0 bridgehead atoms. The average molecular weight is 426 g/mol. The van der Waals surface area contributed by atoms with Gasteiger partial charge in [0.25, 0.3) is 0 Å². The lowest BCUT2D eigenvalue weighted by atomic mass is 10.1. The Hall–Kier alpha value is -2.10. The molecule has 0 amide bonds. The normalized spacial score (nSPS) is 17.4. The Morgan fingerprint density at radius 2 is 1.50 bits per heavy atom. The maximum absolute atomic E-state index is 13.3. The van der Waals surface area contributed by atoms with Gasteiger partial charge in [-0.2, -0.15) is 4.31 Å². The molecule has 0 aromatic heterocycles. The lowest BCUT2D eigenvalue weighted by Gasteiger charge is -2.25. The SMILES string of the molecule is COc1ccc(S(=O)(=O)N2CCS[C@@H]2c2cc(OC)c(OC)cc2OC)cc1. The van der Waals surface area contributed by atoms with Crippen LogP contribution in [-0.4, -0.2) is 53.5 Å². The van der Waals surface area contributed by atoms with Gasteiger partial charge in [0.15, 0.2) is 11.5 Å². The first-order chi connectivity index (χ1) is 13.5. The van der Waals surface area contributed by atoms with Gasteiger partial charge in [-0.15, -0.1) is 11.8 Å². The molecule has 152 valence electrons. The van der Waals surface area contributed by atoms with Crippen LogP contribution in [0.4, 0.5) is 0 Å². The fourth-order valence-electron chi connectivity index (χ4n) is 3.07. The highest BCUT2D eigenvalue weighted by atomic mass is 32.2. The topological polar surface area (TPSA) is 74.3 Å². The summed E-state index contributed by atoms with van der Waals surface area (Å²) < 4.78 is 49.4. The number of benzene rings is 2. The summed E-state index contributed by atoms with van der Waals surface area (Å²) in [6.07, 6.45) is 0. The summed E-state index contributed by atoms with van der Waals surface area (Å²) in [6.45, 7) is 0.404. The molecule has 28 heavy (non-hydrogen) atoms. The standard InChI is InChI=1S/C19H23NO6S2/c1-23-13-5-7-14(8-6-13)28(21,22)20-9-10-27-19(20)15-11-17(25-3)18(26-4)12-16(15)24-2/h5-8,11-12,19H,9-10H2,1-4H3/t19-/m1/s1. The molecule has 7 nitrogen and oxygen atoms in total. The van der Waals surface area contributed by atoms with E-state index in [1.807, 2.05) is 0 Å². The van der Waals surface area contributed by atoms with Gasteiger partial charge in [-0.25, -0.2) is 8.42 Å². The van der Waals surface area contributed by atoms with Crippen LogP contribution in [0.25, 0.3) is 0 Å². The van der Waals surface area contributed by atoms with Gasteiger partial charge in [0.2, 0.25) is 10.0 Å². The predicted octanol–water partition coefficient (Wildman–Crippen LogP) is 3.16. The number of hydrogen-bond acceptors (Lipinski definition) is 7. The van der Waals surface area contributed by atoms with Gasteiger partial charge >= 0.3 is 0 Å². The molecule has 1 saturated heterocycles. The highest BCUT2D eigenvalue weighted by molar-refractivity contribution is 8.01. The van der Waals surface area contributed by atoms with Crippen molar-refractivity contribution < 1.29 is 27.4 Å². The number of rotatable bonds is 7. The molecular formula is C19H23NO6S2. The highest BCUT2D eigenvalue weighted by Gasteiger charge is 2.38. The van der Waals surface area contributed by atoms with E-state index in [1.165, 1.54) is 4.31 Å². The van der Waals surface area contributed by atoms with E-state index in [1.54, 1.807) is 76.6 Å². The van der Waals surface area contributed by atoms with E-state index in [0.717, 1.165) is 5.56 Å². The summed E-state index contributed by atoms with van der Waals surface area (Å²) in [4.78, 5) is 0.222. The maximum Gasteiger partial charge on any atom is 0.244 e. The number of thioether (sulfide) groups is 1. The third kappa shape index (κ3) is 3.74. The summed E-state index contributed by atoms with van der Waals surface area (Å²) >= 11 is 1.54. The zero-order valence-electron chi connectivity index (χ0n) is 16.2. The highest BCUT2D eigenvalue weighted by Crippen LogP contribution is 2.47. The summed E-state index contributed by atoms with van der Waals surface area (Å²) in [5, 5.41) is -0.429. The summed E-state index contributed by atoms with van der Waals surface area (Å²) in [6, 6.07) is 9.88. The van der Waals surface area contributed by atoms with Crippen LogP contribution in [0.3, 0.4) is 0 Å². The number of sulfonamides is 1. The maximum atomic E-state index is 13.3. The van der Waals surface area contributed by atoms with Crippen LogP contribution in [0, 0.1) is 0 Å². The molecule has 9 heteroatoms. The van der Waals surface area contributed by atoms with Crippen molar-refractivity contribution in [2.24, 2.45) is 0 Å². The van der Waals surface area contributed by atoms with Crippen molar-refractivity contribution in [2.45, 2.75) is 10.3 Å². The Labute approximate surface area is 169 Å². The first-order valence-corrected chi connectivity index (χ1v) is 11.0. The molecule has 0 aliphatic carbocycles. The largest absolute Gasteiger partial charge is 0.497 e. The predicted molar refractivity (Wildman–Crippen MR) is 108 cm³/mol. The van der Waals surface area contributed by atoms with Crippen LogP contribution >= 0.6 is 11.8 Å². The van der Waals surface area contributed by atoms with Crippen LogP contribution in [0.2, 0.25) is 0 Å². The van der Waals surface area contributed by atoms with Gasteiger partial charge in [0, 0.05) is 23.9 Å². The molecule has 2 aromatic rings. The van der Waals surface area contributed by atoms with Gasteiger partial charge in [-0.1, -0.05) is 0 Å². The Balaban J connectivity index is 2.02. The Morgan fingerprint density at radius 3 is 2.07 bits per heavy atom. The molecule has 1 atom stereocenters.